The van der Waals surface area contributed by atoms with Crippen molar-refractivity contribution in [2.24, 2.45) is 23.7 Å². The van der Waals surface area contributed by atoms with Crippen LogP contribution in [0.2, 0.25) is 0 Å². The third kappa shape index (κ3) is 2.55. The SMILES string of the molecule is CC(C)C1CCC(O)C(C2CCCC2)C1. The number of hydrogen-bond donors (Lipinski definition) is 1. The van der Waals surface area contributed by atoms with Gasteiger partial charge < -0.3 is 5.11 Å². The van der Waals surface area contributed by atoms with Crippen molar-refractivity contribution >= 4 is 0 Å². The average Bonchev–Trinajstić information content (AvgIpc) is 2.71. The average molecular weight is 210 g/mol. The van der Waals surface area contributed by atoms with Crippen LogP contribution in [-0.4, -0.2) is 11.2 Å². The van der Waals surface area contributed by atoms with Gasteiger partial charge in [-0.25, -0.2) is 0 Å². The summed E-state index contributed by atoms with van der Waals surface area (Å²) in [6.45, 7) is 4.68. The molecule has 15 heavy (non-hydrogen) atoms. The van der Waals surface area contributed by atoms with Gasteiger partial charge in [-0.05, 0) is 42.9 Å². The highest BCUT2D eigenvalue weighted by Gasteiger charge is 2.36. The summed E-state index contributed by atoms with van der Waals surface area (Å²) < 4.78 is 0. The monoisotopic (exact) mass is 210 g/mol. The summed E-state index contributed by atoms with van der Waals surface area (Å²) in [5.41, 5.74) is 0. The second-order valence-corrected chi connectivity index (χ2v) is 6.09. The summed E-state index contributed by atoms with van der Waals surface area (Å²) in [5, 5.41) is 10.1. The first-order valence-electron chi connectivity index (χ1n) is 6.86. The molecule has 0 aliphatic heterocycles. The van der Waals surface area contributed by atoms with Gasteiger partial charge in [0.15, 0.2) is 0 Å². The summed E-state index contributed by atoms with van der Waals surface area (Å²) in [4.78, 5) is 0. The Hall–Kier alpha value is -0.0400. The van der Waals surface area contributed by atoms with E-state index in [9.17, 15) is 5.11 Å². The molecule has 0 aromatic carbocycles. The van der Waals surface area contributed by atoms with E-state index in [0.29, 0.717) is 5.92 Å². The van der Waals surface area contributed by atoms with Gasteiger partial charge in [-0.1, -0.05) is 39.5 Å². The highest BCUT2D eigenvalue weighted by atomic mass is 16.3. The Morgan fingerprint density at radius 1 is 1.00 bits per heavy atom. The van der Waals surface area contributed by atoms with Crippen LogP contribution in [0.5, 0.6) is 0 Å². The molecule has 0 bridgehead atoms. The van der Waals surface area contributed by atoms with E-state index in [1.54, 1.807) is 0 Å². The normalized spacial score (nSPS) is 38.8. The van der Waals surface area contributed by atoms with Crippen LogP contribution in [0.4, 0.5) is 0 Å². The van der Waals surface area contributed by atoms with Crippen LogP contribution in [-0.2, 0) is 0 Å². The second-order valence-electron chi connectivity index (χ2n) is 6.09. The lowest BCUT2D eigenvalue weighted by Crippen LogP contribution is -2.35. The van der Waals surface area contributed by atoms with Crippen molar-refractivity contribution < 1.29 is 5.11 Å². The maximum Gasteiger partial charge on any atom is 0.0571 e. The fraction of sp³-hybridized carbons (Fsp3) is 1.00. The molecule has 0 heterocycles. The predicted octanol–water partition coefficient (Wildman–Crippen LogP) is 3.61. The molecule has 0 saturated heterocycles. The molecule has 2 aliphatic rings. The molecule has 2 saturated carbocycles. The van der Waals surface area contributed by atoms with Gasteiger partial charge in [-0.3, -0.25) is 0 Å². The van der Waals surface area contributed by atoms with Gasteiger partial charge >= 0.3 is 0 Å². The van der Waals surface area contributed by atoms with E-state index >= 15 is 0 Å². The minimum atomic E-state index is 0.0168. The fourth-order valence-corrected chi connectivity index (χ4v) is 3.72. The van der Waals surface area contributed by atoms with E-state index in [1.807, 2.05) is 0 Å². The Morgan fingerprint density at radius 3 is 2.27 bits per heavy atom. The quantitative estimate of drug-likeness (QED) is 0.738. The Labute approximate surface area is 94.3 Å². The van der Waals surface area contributed by atoms with Gasteiger partial charge in [0, 0.05) is 0 Å². The zero-order chi connectivity index (χ0) is 10.8. The minimum absolute atomic E-state index is 0.0168. The number of aliphatic hydroxyl groups is 1. The number of rotatable bonds is 2. The van der Waals surface area contributed by atoms with Crippen molar-refractivity contribution in [3.8, 4) is 0 Å². The molecule has 0 radical (unpaired) electrons. The van der Waals surface area contributed by atoms with E-state index in [-0.39, 0.29) is 6.10 Å². The van der Waals surface area contributed by atoms with Crippen molar-refractivity contribution in [1.29, 1.82) is 0 Å². The maximum absolute atomic E-state index is 10.1. The summed E-state index contributed by atoms with van der Waals surface area (Å²) in [7, 11) is 0. The standard InChI is InChI=1S/C14H26O/c1-10(2)12-7-8-14(15)13(9-12)11-5-3-4-6-11/h10-15H,3-9H2,1-2H3. The molecule has 0 amide bonds. The van der Waals surface area contributed by atoms with Crippen molar-refractivity contribution in [1.82, 2.24) is 0 Å². The highest BCUT2D eigenvalue weighted by Crippen LogP contribution is 2.43. The van der Waals surface area contributed by atoms with E-state index in [1.165, 1.54) is 38.5 Å². The molecule has 2 fully saturated rings. The maximum atomic E-state index is 10.1. The molecule has 2 rings (SSSR count). The first kappa shape index (κ1) is 11.4. The van der Waals surface area contributed by atoms with Gasteiger partial charge in [0.2, 0.25) is 0 Å². The summed E-state index contributed by atoms with van der Waals surface area (Å²) >= 11 is 0. The largest absolute Gasteiger partial charge is 0.393 e. The Morgan fingerprint density at radius 2 is 1.67 bits per heavy atom. The number of aliphatic hydroxyl groups excluding tert-OH is 1. The third-order valence-electron chi connectivity index (χ3n) is 4.85. The summed E-state index contributed by atoms with van der Waals surface area (Å²) in [5.74, 6) is 3.16. The van der Waals surface area contributed by atoms with Crippen molar-refractivity contribution in [3.05, 3.63) is 0 Å². The topological polar surface area (TPSA) is 20.2 Å². The zero-order valence-corrected chi connectivity index (χ0v) is 10.3. The van der Waals surface area contributed by atoms with Crippen molar-refractivity contribution in [3.63, 3.8) is 0 Å². The van der Waals surface area contributed by atoms with Gasteiger partial charge in [0.25, 0.3) is 0 Å². The summed E-state index contributed by atoms with van der Waals surface area (Å²) in [6.07, 6.45) is 9.19. The van der Waals surface area contributed by atoms with Gasteiger partial charge in [-0.2, -0.15) is 0 Å². The van der Waals surface area contributed by atoms with E-state index in [2.05, 4.69) is 13.8 Å². The van der Waals surface area contributed by atoms with E-state index < -0.39 is 0 Å². The van der Waals surface area contributed by atoms with E-state index in [0.717, 1.165) is 24.2 Å². The fourth-order valence-electron chi connectivity index (χ4n) is 3.72. The highest BCUT2D eigenvalue weighted by molar-refractivity contribution is 4.87. The Balaban J connectivity index is 1.95. The van der Waals surface area contributed by atoms with E-state index in [4.69, 9.17) is 0 Å². The van der Waals surface area contributed by atoms with Gasteiger partial charge in [0.05, 0.1) is 6.10 Å². The molecule has 88 valence electrons. The lowest BCUT2D eigenvalue weighted by molar-refractivity contribution is 0.00896. The lowest BCUT2D eigenvalue weighted by atomic mass is 9.70. The molecule has 0 aromatic rings. The molecular formula is C14H26O. The van der Waals surface area contributed by atoms with Gasteiger partial charge in [0.1, 0.15) is 0 Å². The van der Waals surface area contributed by atoms with Crippen LogP contribution in [0.3, 0.4) is 0 Å². The van der Waals surface area contributed by atoms with Gasteiger partial charge in [-0.15, -0.1) is 0 Å². The first-order chi connectivity index (χ1) is 7.18. The molecule has 1 N–H and O–H groups in total. The van der Waals surface area contributed by atoms with Crippen LogP contribution in [0.25, 0.3) is 0 Å². The molecule has 3 unspecified atom stereocenters. The molecule has 1 nitrogen and oxygen atoms in total. The predicted molar refractivity (Wildman–Crippen MR) is 63.6 cm³/mol. The number of hydrogen-bond acceptors (Lipinski definition) is 1. The summed E-state index contributed by atoms with van der Waals surface area (Å²) in [6, 6.07) is 0. The van der Waals surface area contributed by atoms with Crippen LogP contribution >= 0.6 is 0 Å². The minimum Gasteiger partial charge on any atom is -0.393 e. The zero-order valence-electron chi connectivity index (χ0n) is 10.3. The van der Waals surface area contributed by atoms with Crippen LogP contribution in [0.15, 0.2) is 0 Å². The lowest BCUT2D eigenvalue weighted by Gasteiger charge is -2.38. The molecule has 1 heteroatoms. The van der Waals surface area contributed by atoms with Crippen molar-refractivity contribution in [2.45, 2.75) is 64.9 Å². The van der Waals surface area contributed by atoms with Crippen LogP contribution < -0.4 is 0 Å². The Bertz CT molecular complexity index is 194. The molecular weight excluding hydrogens is 184 g/mol. The van der Waals surface area contributed by atoms with Crippen molar-refractivity contribution in [2.75, 3.05) is 0 Å². The molecule has 0 spiro atoms. The first-order valence-corrected chi connectivity index (χ1v) is 6.86. The Kier molecular flexibility index (Phi) is 3.71. The van der Waals surface area contributed by atoms with Crippen LogP contribution in [0.1, 0.15) is 58.8 Å². The smallest absolute Gasteiger partial charge is 0.0571 e. The third-order valence-corrected chi connectivity index (χ3v) is 4.85. The molecule has 0 aromatic heterocycles. The van der Waals surface area contributed by atoms with Crippen LogP contribution in [0, 0.1) is 23.7 Å². The second kappa shape index (κ2) is 4.86. The molecule has 2 aliphatic carbocycles. The molecule has 3 atom stereocenters.